The second-order valence-electron chi connectivity index (χ2n) is 7.11. The van der Waals surface area contributed by atoms with E-state index in [1.54, 1.807) is 23.1 Å². The number of hydrogen-bond acceptors (Lipinski definition) is 2. The van der Waals surface area contributed by atoms with Gasteiger partial charge in [0.05, 0.1) is 23.9 Å². The van der Waals surface area contributed by atoms with Gasteiger partial charge in [0.15, 0.2) is 0 Å². The number of halogens is 1. The summed E-state index contributed by atoms with van der Waals surface area (Å²) in [6, 6.07) is 6.59. The molecule has 3 rings (SSSR count). The van der Waals surface area contributed by atoms with Crippen LogP contribution in [0.15, 0.2) is 48.2 Å². The second kappa shape index (κ2) is 7.54. The van der Waals surface area contributed by atoms with Crippen molar-refractivity contribution in [1.82, 2.24) is 15.1 Å². The van der Waals surface area contributed by atoms with Gasteiger partial charge in [0.2, 0.25) is 0 Å². The number of nitrogens with one attached hydrogen (secondary N) is 1. The van der Waals surface area contributed by atoms with Crippen LogP contribution in [0.1, 0.15) is 31.9 Å². The molecule has 2 aliphatic rings. The summed E-state index contributed by atoms with van der Waals surface area (Å²) in [6.45, 7) is 9.52. The largest absolute Gasteiger partial charge is 0.333 e. The molecule has 3 amide bonds. The Balaban J connectivity index is 1.98. The van der Waals surface area contributed by atoms with Gasteiger partial charge in [0, 0.05) is 18.1 Å². The fourth-order valence-electron chi connectivity index (χ4n) is 3.40. The summed E-state index contributed by atoms with van der Waals surface area (Å²) in [5.74, 6) is 0.493. The van der Waals surface area contributed by atoms with E-state index in [2.05, 4.69) is 25.7 Å². The van der Waals surface area contributed by atoms with Crippen LogP contribution in [0, 0.1) is 5.92 Å². The minimum atomic E-state index is -0.478. The van der Waals surface area contributed by atoms with Crippen molar-refractivity contribution in [3.8, 4) is 0 Å². The maximum Gasteiger partial charge on any atom is 0.322 e. The highest BCUT2D eigenvalue weighted by Crippen LogP contribution is 2.36. The molecule has 1 N–H and O–H groups in total. The van der Waals surface area contributed by atoms with Crippen LogP contribution in [0.5, 0.6) is 0 Å². The van der Waals surface area contributed by atoms with Crippen molar-refractivity contribution in [2.24, 2.45) is 5.92 Å². The Kier molecular flexibility index (Phi) is 5.37. The van der Waals surface area contributed by atoms with Crippen LogP contribution < -0.4 is 5.32 Å². The molecule has 0 unspecified atom stereocenters. The Labute approximate surface area is 159 Å². The van der Waals surface area contributed by atoms with Crippen LogP contribution >= 0.6 is 11.6 Å². The maximum absolute atomic E-state index is 13.1. The van der Waals surface area contributed by atoms with Crippen molar-refractivity contribution >= 4 is 23.5 Å². The van der Waals surface area contributed by atoms with E-state index in [-0.39, 0.29) is 11.9 Å². The number of amides is 3. The van der Waals surface area contributed by atoms with E-state index in [1.807, 2.05) is 17.0 Å². The number of urea groups is 1. The predicted octanol–water partition coefficient (Wildman–Crippen LogP) is 3.73. The second-order valence-corrected chi connectivity index (χ2v) is 7.54. The molecular weight excluding hydrogens is 350 g/mol. The molecule has 0 bridgehead atoms. The van der Waals surface area contributed by atoms with Crippen LogP contribution in [0.3, 0.4) is 0 Å². The van der Waals surface area contributed by atoms with Crippen molar-refractivity contribution < 1.29 is 9.59 Å². The molecule has 0 saturated carbocycles. The van der Waals surface area contributed by atoms with Crippen LogP contribution in [0.25, 0.3) is 0 Å². The lowest BCUT2D eigenvalue weighted by Crippen LogP contribution is -2.47. The van der Waals surface area contributed by atoms with Crippen LogP contribution in [-0.2, 0) is 4.79 Å². The first-order valence-electron chi connectivity index (χ1n) is 8.89. The summed E-state index contributed by atoms with van der Waals surface area (Å²) < 4.78 is 0. The van der Waals surface area contributed by atoms with Gasteiger partial charge in [-0.05, 0) is 30.0 Å². The van der Waals surface area contributed by atoms with Crippen molar-refractivity contribution in [3.63, 3.8) is 0 Å². The van der Waals surface area contributed by atoms with Gasteiger partial charge in [-0.25, -0.2) is 4.79 Å². The zero-order valence-corrected chi connectivity index (χ0v) is 15.9. The lowest BCUT2D eigenvalue weighted by atomic mass is 9.95. The molecule has 0 fully saturated rings. The number of nitrogens with zero attached hydrogens (tertiary/aromatic N) is 2. The lowest BCUT2D eigenvalue weighted by molar-refractivity contribution is -0.125. The van der Waals surface area contributed by atoms with Gasteiger partial charge in [-0.15, -0.1) is 6.58 Å². The van der Waals surface area contributed by atoms with E-state index in [0.717, 1.165) is 17.7 Å². The number of hydrogen-bond donors (Lipinski definition) is 1. The minimum Gasteiger partial charge on any atom is -0.333 e. The fraction of sp³-hybridized carbons (Fsp3) is 0.400. The van der Waals surface area contributed by atoms with E-state index < -0.39 is 6.04 Å². The quantitative estimate of drug-likeness (QED) is 0.772. The summed E-state index contributed by atoms with van der Waals surface area (Å²) in [4.78, 5) is 29.2. The summed E-state index contributed by atoms with van der Waals surface area (Å²) >= 11 is 6.12. The predicted molar refractivity (Wildman–Crippen MR) is 103 cm³/mol. The molecule has 0 spiro atoms. The van der Waals surface area contributed by atoms with Crippen molar-refractivity contribution in [1.29, 1.82) is 0 Å². The molecule has 1 aromatic carbocycles. The highest BCUT2D eigenvalue weighted by molar-refractivity contribution is 6.30. The molecule has 0 radical (unpaired) electrons. The molecule has 138 valence electrons. The average Bonchev–Trinajstić information content (AvgIpc) is 2.92. The van der Waals surface area contributed by atoms with Crippen molar-refractivity contribution in [3.05, 3.63) is 58.8 Å². The van der Waals surface area contributed by atoms with Gasteiger partial charge < -0.3 is 10.2 Å². The Hall–Kier alpha value is -2.27. The first-order valence-corrected chi connectivity index (χ1v) is 9.27. The first kappa shape index (κ1) is 18.5. The Bertz CT molecular complexity index is 772. The molecule has 2 heterocycles. The number of carbonyl (C=O) groups excluding carboxylic acids is 2. The van der Waals surface area contributed by atoms with E-state index >= 15 is 0 Å². The zero-order chi connectivity index (χ0) is 18.8. The third-order valence-electron chi connectivity index (χ3n) is 4.77. The van der Waals surface area contributed by atoms with E-state index in [9.17, 15) is 9.59 Å². The topological polar surface area (TPSA) is 52.7 Å². The van der Waals surface area contributed by atoms with Gasteiger partial charge in [-0.1, -0.05) is 43.7 Å². The molecule has 0 saturated heterocycles. The summed E-state index contributed by atoms with van der Waals surface area (Å²) in [7, 11) is 0. The molecule has 0 aromatic heterocycles. The zero-order valence-electron chi connectivity index (χ0n) is 15.2. The summed E-state index contributed by atoms with van der Waals surface area (Å²) in [6.07, 6.45) is 2.60. The van der Waals surface area contributed by atoms with Gasteiger partial charge in [-0.3, -0.25) is 9.69 Å². The molecular formula is C20H24ClN3O2. The first-order chi connectivity index (χ1) is 12.4. The number of carbonyl (C=O) groups is 2. The van der Waals surface area contributed by atoms with Gasteiger partial charge in [0.1, 0.15) is 0 Å². The van der Waals surface area contributed by atoms with Gasteiger partial charge in [0.25, 0.3) is 5.91 Å². The highest BCUT2D eigenvalue weighted by atomic mass is 35.5. The highest BCUT2D eigenvalue weighted by Gasteiger charge is 2.43. The van der Waals surface area contributed by atoms with E-state index in [0.29, 0.717) is 36.1 Å². The Morgan fingerprint density at radius 1 is 1.38 bits per heavy atom. The van der Waals surface area contributed by atoms with Crippen molar-refractivity contribution in [2.75, 3.05) is 19.6 Å². The standard InChI is InChI=1S/C20H24ClN3O2/c1-4-9-24-16-12-23(10-8-13(2)3)19(25)17(16)18(22-20(24)26)14-6-5-7-15(21)11-14/h4-7,11,13,18H,1,8-10,12H2,2-3H3,(H,22,26)/t18-/m0/s1. The molecule has 0 aliphatic carbocycles. The molecule has 26 heavy (non-hydrogen) atoms. The third-order valence-corrected chi connectivity index (χ3v) is 5.00. The monoisotopic (exact) mass is 373 g/mol. The summed E-state index contributed by atoms with van der Waals surface area (Å²) in [5.41, 5.74) is 2.22. The smallest absolute Gasteiger partial charge is 0.322 e. The minimum absolute atomic E-state index is 0.0142. The maximum atomic E-state index is 13.1. The normalized spacial score (nSPS) is 19.9. The van der Waals surface area contributed by atoms with Crippen LogP contribution in [0.4, 0.5) is 4.79 Å². The molecule has 1 atom stereocenters. The molecule has 6 heteroatoms. The number of benzene rings is 1. The number of rotatable bonds is 6. The average molecular weight is 374 g/mol. The third kappa shape index (κ3) is 3.49. The Morgan fingerprint density at radius 2 is 2.15 bits per heavy atom. The van der Waals surface area contributed by atoms with E-state index in [4.69, 9.17) is 11.6 Å². The van der Waals surface area contributed by atoms with Crippen LogP contribution in [0.2, 0.25) is 5.02 Å². The van der Waals surface area contributed by atoms with E-state index in [1.165, 1.54) is 0 Å². The van der Waals surface area contributed by atoms with Gasteiger partial charge >= 0.3 is 6.03 Å². The van der Waals surface area contributed by atoms with Crippen molar-refractivity contribution in [2.45, 2.75) is 26.3 Å². The summed E-state index contributed by atoms with van der Waals surface area (Å²) in [5, 5.41) is 3.54. The van der Waals surface area contributed by atoms with Gasteiger partial charge in [-0.2, -0.15) is 0 Å². The molecule has 2 aliphatic heterocycles. The molecule has 5 nitrogen and oxygen atoms in total. The Morgan fingerprint density at radius 3 is 2.81 bits per heavy atom. The lowest BCUT2D eigenvalue weighted by Gasteiger charge is -2.33. The van der Waals surface area contributed by atoms with Crippen LogP contribution in [-0.4, -0.2) is 41.4 Å². The SMILES string of the molecule is C=CCN1C(=O)N[C@@H](c2cccc(Cl)c2)C2=C1CN(CCC(C)C)C2=O. The molecule has 1 aromatic rings. The fourth-order valence-corrected chi connectivity index (χ4v) is 3.60.